The van der Waals surface area contributed by atoms with Gasteiger partial charge in [-0.05, 0) is 65.0 Å². The van der Waals surface area contributed by atoms with Gasteiger partial charge in [-0.15, -0.1) is 0 Å². The third-order valence-electron chi connectivity index (χ3n) is 8.66. The number of phenolic OH excluding ortho intramolecular Hbond substituents is 1. The molecule has 1 aliphatic heterocycles. The lowest BCUT2D eigenvalue weighted by Crippen LogP contribution is -2.67. The fourth-order valence-corrected chi connectivity index (χ4v) is 6.70. The van der Waals surface area contributed by atoms with Crippen molar-refractivity contribution in [3.8, 4) is 5.75 Å². The van der Waals surface area contributed by atoms with E-state index in [0.717, 1.165) is 25.9 Å². The quantitative estimate of drug-likeness (QED) is 0.300. The highest BCUT2D eigenvalue weighted by Gasteiger charge is 2.66. The average Bonchev–Trinajstić information content (AvgIpc) is 3.37. The third-order valence-corrected chi connectivity index (χ3v) is 8.66. The number of likely N-dealkylation sites (N-methyl/N-ethyl adjacent to an activating group) is 1. The average molecular weight is 528 g/mol. The molecule has 3 aliphatic carbocycles. The maximum absolute atomic E-state index is 14.0. The monoisotopic (exact) mass is 527 g/mol. The highest BCUT2D eigenvalue weighted by Crippen LogP contribution is 2.57. The number of ketones is 2. The Bertz CT molecular complexity index is 1290. The van der Waals surface area contributed by atoms with E-state index < -0.39 is 63.6 Å². The number of carbonyl (C=O) groups is 3. The number of amides is 1. The van der Waals surface area contributed by atoms with Gasteiger partial charge in [0.2, 0.25) is 5.78 Å². The Morgan fingerprint density at radius 1 is 1.13 bits per heavy atom. The van der Waals surface area contributed by atoms with Crippen LogP contribution in [-0.2, 0) is 20.0 Å². The van der Waals surface area contributed by atoms with Gasteiger partial charge < -0.3 is 30.8 Å². The van der Waals surface area contributed by atoms with Crippen LogP contribution < -0.4 is 5.32 Å². The van der Waals surface area contributed by atoms with Crippen LogP contribution in [0.15, 0.2) is 35.1 Å². The molecule has 0 bridgehead atoms. The molecule has 5 atom stereocenters. The number of hydrogen-bond acceptors (Lipinski definition) is 10. The molecule has 0 spiro atoms. The number of phenols is 1. The molecule has 4 aliphatic rings. The Morgan fingerprint density at radius 3 is 2.42 bits per heavy atom. The molecule has 0 aromatic heterocycles. The fraction of sp³-hybridized carbons (Fsp3) is 0.519. The van der Waals surface area contributed by atoms with Crippen LogP contribution in [0.25, 0.3) is 5.76 Å². The maximum atomic E-state index is 14.0. The number of Topliss-reactive ketones (excluding diaryl/α,β-unsaturated/α-hetero) is 2. The van der Waals surface area contributed by atoms with Crippen molar-refractivity contribution in [3.05, 3.63) is 46.2 Å². The van der Waals surface area contributed by atoms with Crippen LogP contribution in [0.3, 0.4) is 0 Å². The second-order valence-corrected chi connectivity index (χ2v) is 11.1. The van der Waals surface area contributed by atoms with E-state index in [1.807, 2.05) is 4.90 Å². The first-order chi connectivity index (χ1) is 17.8. The summed E-state index contributed by atoms with van der Waals surface area (Å²) in [7, 11) is 3.12. The van der Waals surface area contributed by atoms with Crippen molar-refractivity contribution in [2.45, 2.75) is 43.4 Å². The summed E-state index contributed by atoms with van der Waals surface area (Å²) in [6, 6.07) is 3.12. The van der Waals surface area contributed by atoms with Gasteiger partial charge in [-0.3, -0.25) is 24.2 Å². The van der Waals surface area contributed by atoms with Crippen molar-refractivity contribution in [1.82, 2.24) is 15.1 Å². The molecule has 11 heteroatoms. The van der Waals surface area contributed by atoms with E-state index in [0.29, 0.717) is 0 Å². The van der Waals surface area contributed by atoms with E-state index in [9.17, 15) is 39.9 Å². The first-order valence-electron chi connectivity index (χ1n) is 12.7. The van der Waals surface area contributed by atoms with Crippen molar-refractivity contribution in [1.29, 1.82) is 0 Å². The predicted molar refractivity (Wildman–Crippen MR) is 135 cm³/mol. The molecule has 204 valence electrons. The summed E-state index contributed by atoms with van der Waals surface area (Å²) in [6.45, 7) is 3.11. The van der Waals surface area contributed by atoms with Gasteiger partial charge in [0.15, 0.2) is 11.4 Å². The van der Waals surface area contributed by atoms with Crippen LogP contribution in [-0.4, -0.2) is 98.3 Å². The van der Waals surface area contributed by atoms with Gasteiger partial charge in [0, 0.05) is 17.4 Å². The number of rotatable bonds is 4. The number of hydrogen-bond donors (Lipinski definition) is 6. The lowest BCUT2D eigenvalue weighted by atomic mass is 9.54. The van der Waals surface area contributed by atoms with Gasteiger partial charge >= 0.3 is 0 Å². The van der Waals surface area contributed by atoms with Crippen molar-refractivity contribution in [2.75, 3.05) is 33.9 Å². The molecule has 1 aromatic carbocycles. The number of nitrogens with one attached hydrogen (secondary N) is 1. The zero-order valence-corrected chi connectivity index (χ0v) is 21.6. The van der Waals surface area contributed by atoms with Gasteiger partial charge in [0.1, 0.15) is 22.8 Å². The molecule has 6 N–H and O–H groups in total. The normalized spacial score (nSPS) is 33.4. The fourth-order valence-electron chi connectivity index (χ4n) is 6.70. The molecule has 1 saturated heterocycles. The molecule has 38 heavy (non-hydrogen) atoms. The van der Waals surface area contributed by atoms with Crippen LogP contribution >= 0.6 is 0 Å². The maximum Gasteiger partial charge on any atom is 0.259 e. The minimum absolute atomic E-state index is 0.137. The first-order valence-corrected chi connectivity index (χ1v) is 12.7. The number of benzene rings is 1. The van der Waals surface area contributed by atoms with Crippen LogP contribution in [0.5, 0.6) is 5.75 Å². The van der Waals surface area contributed by atoms with Crippen molar-refractivity contribution in [2.24, 2.45) is 11.8 Å². The molecule has 5 rings (SSSR count). The Balaban J connectivity index is 1.65. The summed E-state index contributed by atoms with van der Waals surface area (Å²) in [5.41, 5.74) is -5.54. The highest BCUT2D eigenvalue weighted by atomic mass is 16.3. The molecule has 2 fully saturated rings. The number of likely N-dealkylation sites (tertiary alicyclic amines) is 1. The minimum Gasteiger partial charge on any atom is -0.508 e. The standard InChI is InChI=1S/C27H33N3O8/c1-26(37)13-7-6-8-16(31)17(13)21(32)18-14(26)11-15-20(29(2)3)22(33)19(24(35)27(15,38)23(18)34)25(36)28-12-30-9-4-5-10-30/h6-8,14-15,20,31-32,35,37-38H,4-5,9-12H2,1-3H3,(H,28,36)/t14-,15-,20-,26-,27-/m0/s1. The van der Waals surface area contributed by atoms with E-state index in [1.165, 1.54) is 30.0 Å². The Morgan fingerprint density at radius 2 is 1.79 bits per heavy atom. The molecule has 1 amide bonds. The number of aliphatic hydroxyl groups excluding tert-OH is 2. The third kappa shape index (κ3) is 3.53. The van der Waals surface area contributed by atoms with E-state index in [1.54, 1.807) is 14.1 Å². The van der Waals surface area contributed by atoms with Crippen molar-refractivity contribution >= 4 is 23.2 Å². The summed E-state index contributed by atoms with van der Waals surface area (Å²) in [6.07, 6.45) is 1.78. The number of carbonyl (C=O) groups excluding carboxylic acids is 3. The van der Waals surface area contributed by atoms with Crippen molar-refractivity contribution in [3.63, 3.8) is 0 Å². The van der Waals surface area contributed by atoms with Gasteiger partial charge in [0.05, 0.1) is 23.9 Å². The Labute approximate surface area is 219 Å². The molecule has 11 nitrogen and oxygen atoms in total. The van der Waals surface area contributed by atoms with E-state index in [4.69, 9.17) is 0 Å². The van der Waals surface area contributed by atoms with Crippen LogP contribution in [0, 0.1) is 11.8 Å². The molecule has 0 unspecified atom stereocenters. The Hall–Kier alpha value is -3.25. The molecule has 0 radical (unpaired) electrons. The van der Waals surface area contributed by atoms with E-state index >= 15 is 0 Å². The summed E-state index contributed by atoms with van der Waals surface area (Å²) in [5.74, 6) is -7.17. The summed E-state index contributed by atoms with van der Waals surface area (Å²) < 4.78 is 0. The highest BCUT2D eigenvalue weighted by molar-refractivity contribution is 6.25. The lowest BCUT2D eigenvalue weighted by molar-refractivity contribution is -0.159. The Kier molecular flexibility index (Phi) is 6.18. The zero-order chi connectivity index (χ0) is 27.7. The lowest BCUT2D eigenvalue weighted by Gasteiger charge is -2.53. The van der Waals surface area contributed by atoms with Gasteiger partial charge in [-0.2, -0.15) is 0 Å². The van der Waals surface area contributed by atoms with Crippen LogP contribution in [0.2, 0.25) is 0 Å². The second kappa shape index (κ2) is 8.91. The van der Waals surface area contributed by atoms with Crippen LogP contribution in [0.4, 0.5) is 0 Å². The van der Waals surface area contributed by atoms with Crippen molar-refractivity contribution < 1.29 is 39.9 Å². The van der Waals surface area contributed by atoms with Gasteiger partial charge in [0.25, 0.3) is 5.91 Å². The second-order valence-electron chi connectivity index (χ2n) is 11.1. The summed E-state index contributed by atoms with van der Waals surface area (Å²) in [4.78, 5) is 44.3. The number of aromatic hydroxyl groups is 1. The molecule has 1 saturated carbocycles. The molecular weight excluding hydrogens is 494 g/mol. The van der Waals surface area contributed by atoms with Gasteiger partial charge in [-0.1, -0.05) is 12.1 Å². The summed E-state index contributed by atoms with van der Waals surface area (Å²) >= 11 is 0. The topological polar surface area (TPSA) is 171 Å². The number of aliphatic hydroxyl groups is 4. The SMILES string of the molecule is CN(C)[C@@H]1C(=O)C(C(=O)NCN2CCCC2)=C(O)[C@@]2(O)C(=O)C3=C(O)c4c(O)cccc4[C@](C)(O)[C@H]3C[C@@H]12. The van der Waals surface area contributed by atoms with E-state index in [2.05, 4.69) is 5.32 Å². The number of nitrogens with zero attached hydrogens (tertiary/aromatic N) is 2. The molecule has 1 aromatic rings. The minimum atomic E-state index is -2.72. The predicted octanol–water partition coefficient (Wildman–Crippen LogP) is 0.313. The molecular formula is C27H33N3O8. The largest absolute Gasteiger partial charge is 0.508 e. The molecule has 1 heterocycles. The van der Waals surface area contributed by atoms with Gasteiger partial charge in [-0.25, -0.2) is 0 Å². The zero-order valence-electron chi connectivity index (χ0n) is 21.6. The van der Waals surface area contributed by atoms with Crippen LogP contribution in [0.1, 0.15) is 37.3 Å². The summed E-state index contributed by atoms with van der Waals surface area (Å²) in [5, 5.41) is 59.0. The first kappa shape index (κ1) is 26.4. The number of fused-ring (bicyclic) bond motifs is 3. The smallest absolute Gasteiger partial charge is 0.259 e. The van der Waals surface area contributed by atoms with E-state index in [-0.39, 0.29) is 35.5 Å².